The van der Waals surface area contributed by atoms with Crippen molar-refractivity contribution in [2.75, 3.05) is 11.9 Å². The second-order valence-electron chi connectivity index (χ2n) is 8.77. The maximum absolute atomic E-state index is 13.0. The van der Waals surface area contributed by atoms with Crippen molar-refractivity contribution in [3.63, 3.8) is 0 Å². The van der Waals surface area contributed by atoms with E-state index in [-0.39, 0.29) is 36.7 Å². The molecular weight excluding hydrogens is 404 g/mol. The lowest BCUT2D eigenvalue weighted by atomic mass is 9.99. The van der Waals surface area contributed by atoms with Crippen LogP contribution in [0.25, 0.3) is 0 Å². The molecule has 3 aliphatic heterocycles. The van der Waals surface area contributed by atoms with Crippen molar-refractivity contribution < 1.29 is 9.59 Å². The highest BCUT2D eigenvalue weighted by atomic mass is 16.2. The van der Waals surface area contributed by atoms with Gasteiger partial charge in [0.1, 0.15) is 12.7 Å². The number of para-hydroxylation sites is 1. The van der Waals surface area contributed by atoms with Gasteiger partial charge in [-0.25, -0.2) is 20.7 Å². The summed E-state index contributed by atoms with van der Waals surface area (Å²) in [6, 6.07) is 14.4. The second kappa shape index (κ2) is 7.96. The SMILES string of the molecule is Cc1ccc(C2CC3C4NN(CC(=O)Nc5c(C)cccc5C)C(=O)N4C=CN3N2)cc1. The van der Waals surface area contributed by atoms with Crippen molar-refractivity contribution in [3.05, 3.63) is 77.1 Å². The molecule has 0 radical (unpaired) electrons. The highest BCUT2D eigenvalue weighted by Gasteiger charge is 2.48. The van der Waals surface area contributed by atoms with Crippen LogP contribution < -0.4 is 16.2 Å². The van der Waals surface area contributed by atoms with Crippen LogP contribution in [0.1, 0.15) is 34.7 Å². The van der Waals surface area contributed by atoms with Crippen molar-refractivity contribution in [1.29, 1.82) is 0 Å². The Bertz CT molecular complexity index is 1060. The minimum Gasteiger partial charge on any atom is -0.324 e. The maximum atomic E-state index is 13.0. The number of nitrogens with one attached hydrogen (secondary N) is 3. The Morgan fingerprint density at radius 3 is 2.47 bits per heavy atom. The van der Waals surface area contributed by atoms with E-state index < -0.39 is 0 Å². The van der Waals surface area contributed by atoms with Gasteiger partial charge in [-0.2, -0.15) is 0 Å². The quantitative estimate of drug-likeness (QED) is 0.692. The Labute approximate surface area is 187 Å². The molecule has 2 saturated heterocycles. The highest BCUT2D eigenvalue weighted by molar-refractivity contribution is 5.95. The largest absolute Gasteiger partial charge is 0.340 e. The lowest BCUT2D eigenvalue weighted by Gasteiger charge is -2.34. The molecule has 5 rings (SSSR count). The van der Waals surface area contributed by atoms with Gasteiger partial charge >= 0.3 is 6.03 Å². The average Bonchev–Trinajstić information content (AvgIpc) is 3.33. The minimum atomic E-state index is -0.233. The number of urea groups is 1. The van der Waals surface area contributed by atoms with Gasteiger partial charge in [0, 0.05) is 18.1 Å². The first-order chi connectivity index (χ1) is 15.4. The van der Waals surface area contributed by atoms with Gasteiger partial charge < -0.3 is 10.3 Å². The number of amides is 3. The van der Waals surface area contributed by atoms with Gasteiger partial charge in [0.2, 0.25) is 5.91 Å². The maximum Gasteiger partial charge on any atom is 0.340 e. The molecule has 3 aliphatic rings. The van der Waals surface area contributed by atoms with E-state index in [0.717, 1.165) is 23.2 Å². The summed E-state index contributed by atoms with van der Waals surface area (Å²) < 4.78 is 0. The van der Waals surface area contributed by atoms with Crippen LogP contribution >= 0.6 is 0 Å². The van der Waals surface area contributed by atoms with E-state index in [2.05, 4.69) is 52.4 Å². The third-order valence-corrected chi connectivity index (χ3v) is 6.46. The number of rotatable bonds is 4. The van der Waals surface area contributed by atoms with E-state index >= 15 is 0 Å². The third-order valence-electron chi connectivity index (χ3n) is 6.46. The number of aryl methyl sites for hydroxylation is 3. The lowest BCUT2D eigenvalue weighted by molar-refractivity contribution is -0.117. The molecule has 8 nitrogen and oxygen atoms in total. The molecule has 2 aromatic rings. The molecule has 3 N–H and O–H groups in total. The summed E-state index contributed by atoms with van der Waals surface area (Å²) in [5, 5.41) is 6.42. The second-order valence-corrected chi connectivity index (χ2v) is 8.77. The Kier molecular flexibility index (Phi) is 5.11. The summed E-state index contributed by atoms with van der Waals surface area (Å²) in [7, 11) is 0. The molecule has 3 amide bonds. The number of carbonyl (C=O) groups is 2. The van der Waals surface area contributed by atoms with E-state index in [1.165, 1.54) is 16.1 Å². The molecule has 0 spiro atoms. The first-order valence-corrected chi connectivity index (χ1v) is 10.9. The van der Waals surface area contributed by atoms with E-state index in [1.807, 2.05) is 38.2 Å². The van der Waals surface area contributed by atoms with Crippen LogP contribution in [0.2, 0.25) is 0 Å². The molecular formula is C24H28N6O2. The number of hydrazine groups is 2. The number of fused-ring (bicyclic) bond motifs is 3. The topological polar surface area (TPSA) is 80.0 Å². The Balaban J connectivity index is 1.26. The van der Waals surface area contributed by atoms with Gasteiger partial charge in [0.15, 0.2) is 0 Å². The molecule has 32 heavy (non-hydrogen) atoms. The van der Waals surface area contributed by atoms with Gasteiger partial charge in [0.25, 0.3) is 0 Å². The lowest BCUT2D eigenvalue weighted by Crippen LogP contribution is -2.54. The van der Waals surface area contributed by atoms with Crippen LogP contribution in [0.4, 0.5) is 10.5 Å². The summed E-state index contributed by atoms with van der Waals surface area (Å²) in [5.74, 6) is -0.231. The summed E-state index contributed by atoms with van der Waals surface area (Å²) in [6.45, 7) is 5.93. The molecule has 2 aromatic carbocycles. The van der Waals surface area contributed by atoms with Crippen LogP contribution in [-0.4, -0.2) is 45.6 Å². The summed E-state index contributed by atoms with van der Waals surface area (Å²) in [6.07, 6.45) is 4.28. The first-order valence-electron chi connectivity index (χ1n) is 10.9. The Morgan fingerprint density at radius 1 is 1.03 bits per heavy atom. The summed E-state index contributed by atoms with van der Waals surface area (Å²) >= 11 is 0. The standard InChI is InChI=1S/C24H28N6O2/c1-15-7-9-18(10-8-15)19-13-20-23-27-30(24(32)28(23)11-12-29(20)26-19)14-21(31)25-22-16(2)5-4-6-17(22)3/h4-12,19-20,23,26-27H,13-14H2,1-3H3,(H,25,31). The van der Waals surface area contributed by atoms with Gasteiger partial charge in [-0.15, -0.1) is 0 Å². The van der Waals surface area contributed by atoms with Crippen molar-refractivity contribution in [1.82, 2.24) is 25.8 Å². The first kappa shape index (κ1) is 20.5. The van der Waals surface area contributed by atoms with Gasteiger partial charge in [-0.3, -0.25) is 9.69 Å². The van der Waals surface area contributed by atoms with Crippen LogP contribution in [0.15, 0.2) is 54.9 Å². The van der Waals surface area contributed by atoms with E-state index in [1.54, 1.807) is 11.1 Å². The van der Waals surface area contributed by atoms with Crippen molar-refractivity contribution >= 4 is 17.6 Å². The summed E-state index contributed by atoms with van der Waals surface area (Å²) in [4.78, 5) is 27.3. The van der Waals surface area contributed by atoms with Gasteiger partial charge in [-0.05, 0) is 43.9 Å². The van der Waals surface area contributed by atoms with Crippen LogP contribution in [-0.2, 0) is 4.79 Å². The molecule has 3 atom stereocenters. The Morgan fingerprint density at radius 2 is 1.75 bits per heavy atom. The van der Waals surface area contributed by atoms with E-state index in [9.17, 15) is 9.59 Å². The number of hydrogen-bond donors (Lipinski definition) is 3. The van der Waals surface area contributed by atoms with E-state index in [4.69, 9.17) is 0 Å². The fraction of sp³-hybridized carbons (Fsp3) is 0.333. The average molecular weight is 433 g/mol. The van der Waals surface area contributed by atoms with Gasteiger partial charge in [-0.1, -0.05) is 48.0 Å². The number of carbonyl (C=O) groups excluding carboxylic acids is 2. The van der Waals surface area contributed by atoms with Crippen LogP contribution in [0.3, 0.4) is 0 Å². The molecule has 0 aliphatic carbocycles. The molecule has 166 valence electrons. The monoisotopic (exact) mass is 432 g/mol. The third kappa shape index (κ3) is 3.61. The molecule has 3 unspecified atom stereocenters. The molecule has 2 fully saturated rings. The predicted octanol–water partition coefficient (Wildman–Crippen LogP) is 2.92. The van der Waals surface area contributed by atoms with E-state index in [0.29, 0.717) is 0 Å². The smallest absolute Gasteiger partial charge is 0.324 e. The minimum absolute atomic E-state index is 0.0573. The normalized spacial score (nSPS) is 24.0. The van der Waals surface area contributed by atoms with Crippen LogP contribution in [0.5, 0.6) is 0 Å². The zero-order chi connectivity index (χ0) is 22.4. The zero-order valence-corrected chi connectivity index (χ0v) is 18.5. The fourth-order valence-electron chi connectivity index (χ4n) is 4.68. The van der Waals surface area contributed by atoms with Crippen molar-refractivity contribution in [3.8, 4) is 0 Å². The van der Waals surface area contributed by atoms with Crippen molar-refractivity contribution in [2.24, 2.45) is 0 Å². The van der Waals surface area contributed by atoms with Crippen LogP contribution in [0, 0.1) is 20.8 Å². The number of nitrogens with zero attached hydrogens (tertiary/aromatic N) is 3. The summed E-state index contributed by atoms with van der Waals surface area (Å²) in [5.41, 5.74) is 12.0. The molecule has 8 heteroatoms. The highest BCUT2D eigenvalue weighted by Crippen LogP contribution is 2.34. The molecule has 0 saturated carbocycles. The predicted molar refractivity (Wildman–Crippen MR) is 122 cm³/mol. The zero-order valence-electron chi connectivity index (χ0n) is 18.5. The number of hydrogen-bond acceptors (Lipinski definition) is 5. The number of benzene rings is 2. The number of anilines is 1. The van der Waals surface area contributed by atoms with Gasteiger partial charge in [0.05, 0.1) is 12.1 Å². The molecule has 0 aromatic heterocycles. The molecule has 3 heterocycles. The Hall–Kier alpha value is -3.36. The van der Waals surface area contributed by atoms with Crippen molar-refractivity contribution in [2.45, 2.75) is 45.4 Å². The fourth-order valence-corrected chi connectivity index (χ4v) is 4.68. The molecule has 0 bridgehead atoms.